The summed E-state index contributed by atoms with van der Waals surface area (Å²) in [5.41, 5.74) is 1.54. The zero-order chi connectivity index (χ0) is 15.0. The van der Waals surface area contributed by atoms with Crippen molar-refractivity contribution in [1.82, 2.24) is 10.3 Å². The van der Waals surface area contributed by atoms with Crippen LogP contribution in [0.5, 0.6) is 0 Å². The first kappa shape index (κ1) is 13.7. The van der Waals surface area contributed by atoms with Crippen LogP contribution in [0.4, 0.5) is 5.69 Å². The number of benzene rings is 1. The zero-order valence-electron chi connectivity index (χ0n) is 12.6. The lowest BCUT2D eigenvalue weighted by Crippen LogP contribution is -2.44. The van der Waals surface area contributed by atoms with Gasteiger partial charge in [0.15, 0.2) is 0 Å². The first-order valence-corrected chi connectivity index (χ1v) is 8.15. The van der Waals surface area contributed by atoms with Crippen molar-refractivity contribution in [2.75, 3.05) is 18.4 Å². The largest absolute Gasteiger partial charge is 0.324 e. The van der Waals surface area contributed by atoms with E-state index in [1.165, 1.54) is 6.42 Å². The number of fused-ring (bicyclic) bond motifs is 2. The molecule has 1 aliphatic heterocycles. The fourth-order valence-corrected chi connectivity index (χ4v) is 4.09. The number of nitrogens with zero attached hydrogens (tertiary/aromatic N) is 1. The number of hydrogen-bond donors (Lipinski definition) is 2. The fraction of sp³-hybridized carbons (Fsp3) is 0.444. The number of carbonyl (C=O) groups excluding carboxylic acids is 1. The van der Waals surface area contributed by atoms with Crippen LogP contribution in [-0.4, -0.2) is 24.0 Å². The predicted molar refractivity (Wildman–Crippen MR) is 87.6 cm³/mol. The molecule has 4 heteroatoms. The van der Waals surface area contributed by atoms with Crippen molar-refractivity contribution in [2.24, 2.45) is 11.3 Å². The van der Waals surface area contributed by atoms with Gasteiger partial charge in [-0.2, -0.15) is 0 Å². The molecule has 0 bridgehead atoms. The maximum absolute atomic E-state index is 12.9. The van der Waals surface area contributed by atoms with Crippen LogP contribution in [0.25, 0.3) is 10.9 Å². The number of pyridine rings is 1. The second-order valence-corrected chi connectivity index (χ2v) is 6.60. The summed E-state index contributed by atoms with van der Waals surface area (Å²) < 4.78 is 0. The molecule has 1 saturated carbocycles. The van der Waals surface area contributed by atoms with Gasteiger partial charge in [0.05, 0.1) is 22.8 Å². The van der Waals surface area contributed by atoms with Gasteiger partial charge in [0.1, 0.15) is 0 Å². The molecule has 0 spiro atoms. The molecule has 4 nitrogen and oxygen atoms in total. The Labute approximate surface area is 130 Å². The van der Waals surface area contributed by atoms with Gasteiger partial charge in [0, 0.05) is 11.9 Å². The molecule has 114 valence electrons. The number of carbonyl (C=O) groups is 1. The Morgan fingerprint density at radius 1 is 1.32 bits per heavy atom. The van der Waals surface area contributed by atoms with Gasteiger partial charge < -0.3 is 10.6 Å². The molecule has 1 aromatic carbocycles. The van der Waals surface area contributed by atoms with Crippen molar-refractivity contribution in [3.8, 4) is 0 Å². The van der Waals surface area contributed by atoms with Crippen LogP contribution >= 0.6 is 0 Å². The average Bonchev–Trinajstić information content (AvgIpc) is 3.00. The summed E-state index contributed by atoms with van der Waals surface area (Å²) in [4.78, 5) is 17.4. The Morgan fingerprint density at radius 2 is 2.23 bits per heavy atom. The third kappa shape index (κ3) is 2.18. The maximum atomic E-state index is 12.9. The molecule has 2 fully saturated rings. The Morgan fingerprint density at radius 3 is 3.18 bits per heavy atom. The number of amides is 1. The molecule has 0 unspecified atom stereocenters. The van der Waals surface area contributed by atoms with Gasteiger partial charge in [-0.25, -0.2) is 0 Å². The number of hydrogen-bond acceptors (Lipinski definition) is 3. The third-order valence-corrected chi connectivity index (χ3v) is 5.34. The Kier molecular flexibility index (Phi) is 3.34. The molecule has 2 aliphatic rings. The quantitative estimate of drug-likeness (QED) is 0.895. The molecule has 2 heterocycles. The van der Waals surface area contributed by atoms with E-state index < -0.39 is 0 Å². The summed E-state index contributed by atoms with van der Waals surface area (Å²) in [7, 11) is 0. The van der Waals surface area contributed by atoms with Crippen LogP contribution < -0.4 is 10.6 Å². The molecule has 1 aromatic heterocycles. The van der Waals surface area contributed by atoms with Crippen LogP contribution in [0.3, 0.4) is 0 Å². The number of nitrogens with one attached hydrogen (secondary N) is 2. The van der Waals surface area contributed by atoms with E-state index in [0.717, 1.165) is 48.9 Å². The van der Waals surface area contributed by atoms with E-state index in [2.05, 4.69) is 15.6 Å². The standard InChI is InChI=1S/C18H21N3O/c22-17(18-8-4-3-6-14(18)10-19-12-18)21-15-9-13-5-1-2-7-16(13)20-11-15/h1-2,5,7,9,11,14,19H,3-4,6,8,10,12H2,(H,21,22)/t14-,18+/m0/s1. The molecule has 2 N–H and O–H groups in total. The molecule has 0 radical (unpaired) electrons. The SMILES string of the molecule is O=C(Nc1cnc2ccccc2c1)[C@@]12CCCC[C@H]1CNC2. The topological polar surface area (TPSA) is 54.0 Å². The van der Waals surface area contributed by atoms with Crippen LogP contribution in [0.1, 0.15) is 25.7 Å². The lowest BCUT2D eigenvalue weighted by molar-refractivity contribution is -0.128. The predicted octanol–water partition coefficient (Wildman–Crippen LogP) is 2.95. The molecular formula is C18H21N3O. The van der Waals surface area contributed by atoms with Crippen molar-refractivity contribution >= 4 is 22.5 Å². The number of aromatic nitrogens is 1. The number of para-hydroxylation sites is 1. The third-order valence-electron chi connectivity index (χ3n) is 5.34. The highest BCUT2D eigenvalue weighted by Gasteiger charge is 2.49. The van der Waals surface area contributed by atoms with Gasteiger partial charge in [-0.1, -0.05) is 31.0 Å². The van der Waals surface area contributed by atoms with E-state index in [0.29, 0.717) is 5.92 Å². The van der Waals surface area contributed by atoms with Gasteiger partial charge in [-0.15, -0.1) is 0 Å². The van der Waals surface area contributed by atoms with Crippen LogP contribution in [0.15, 0.2) is 36.5 Å². The molecule has 1 aliphatic carbocycles. The second-order valence-electron chi connectivity index (χ2n) is 6.60. The summed E-state index contributed by atoms with van der Waals surface area (Å²) in [6, 6.07) is 9.99. The van der Waals surface area contributed by atoms with Gasteiger partial charge in [-0.3, -0.25) is 9.78 Å². The first-order chi connectivity index (χ1) is 10.8. The van der Waals surface area contributed by atoms with Crippen LogP contribution in [-0.2, 0) is 4.79 Å². The molecule has 1 amide bonds. The first-order valence-electron chi connectivity index (χ1n) is 8.15. The Hall–Kier alpha value is -1.94. The lowest BCUT2D eigenvalue weighted by atomic mass is 9.67. The Balaban J connectivity index is 1.60. The molecule has 1 saturated heterocycles. The smallest absolute Gasteiger partial charge is 0.232 e. The minimum Gasteiger partial charge on any atom is -0.324 e. The fourth-order valence-electron chi connectivity index (χ4n) is 4.09. The number of anilines is 1. The highest BCUT2D eigenvalue weighted by molar-refractivity contribution is 5.97. The van der Waals surface area contributed by atoms with E-state index >= 15 is 0 Å². The summed E-state index contributed by atoms with van der Waals surface area (Å²) >= 11 is 0. The molecular weight excluding hydrogens is 274 g/mol. The highest BCUT2D eigenvalue weighted by Crippen LogP contribution is 2.44. The zero-order valence-corrected chi connectivity index (χ0v) is 12.6. The maximum Gasteiger partial charge on any atom is 0.232 e. The monoisotopic (exact) mass is 295 g/mol. The lowest BCUT2D eigenvalue weighted by Gasteiger charge is -2.37. The van der Waals surface area contributed by atoms with Crippen molar-refractivity contribution < 1.29 is 4.79 Å². The van der Waals surface area contributed by atoms with Crippen molar-refractivity contribution in [2.45, 2.75) is 25.7 Å². The van der Waals surface area contributed by atoms with E-state index in [-0.39, 0.29) is 11.3 Å². The van der Waals surface area contributed by atoms with E-state index in [4.69, 9.17) is 0 Å². The van der Waals surface area contributed by atoms with E-state index in [1.54, 1.807) is 6.20 Å². The van der Waals surface area contributed by atoms with Crippen LogP contribution in [0, 0.1) is 11.3 Å². The van der Waals surface area contributed by atoms with E-state index in [1.807, 2.05) is 30.3 Å². The summed E-state index contributed by atoms with van der Waals surface area (Å²) in [6.07, 6.45) is 6.32. The number of rotatable bonds is 2. The molecule has 2 atom stereocenters. The summed E-state index contributed by atoms with van der Waals surface area (Å²) in [5.74, 6) is 0.647. The summed E-state index contributed by atoms with van der Waals surface area (Å²) in [5, 5.41) is 7.61. The van der Waals surface area contributed by atoms with Gasteiger partial charge in [0.25, 0.3) is 0 Å². The molecule has 4 rings (SSSR count). The van der Waals surface area contributed by atoms with Crippen molar-refractivity contribution in [1.29, 1.82) is 0 Å². The van der Waals surface area contributed by atoms with Gasteiger partial charge in [-0.05, 0) is 37.4 Å². The minimum absolute atomic E-state index is 0.166. The average molecular weight is 295 g/mol. The van der Waals surface area contributed by atoms with E-state index in [9.17, 15) is 4.79 Å². The summed E-state index contributed by atoms with van der Waals surface area (Å²) in [6.45, 7) is 1.79. The second kappa shape index (κ2) is 5.36. The highest BCUT2D eigenvalue weighted by atomic mass is 16.2. The van der Waals surface area contributed by atoms with Crippen molar-refractivity contribution in [3.63, 3.8) is 0 Å². The van der Waals surface area contributed by atoms with Crippen molar-refractivity contribution in [3.05, 3.63) is 36.5 Å². The van der Waals surface area contributed by atoms with Crippen LogP contribution in [0.2, 0.25) is 0 Å². The minimum atomic E-state index is -0.218. The normalized spacial score (nSPS) is 27.5. The molecule has 2 aromatic rings. The Bertz CT molecular complexity index is 714. The molecule has 22 heavy (non-hydrogen) atoms. The van der Waals surface area contributed by atoms with Gasteiger partial charge in [0.2, 0.25) is 5.91 Å². The van der Waals surface area contributed by atoms with Gasteiger partial charge >= 0.3 is 0 Å².